The average Bonchev–Trinajstić information content (AvgIpc) is 0. The van der Waals surface area contributed by atoms with E-state index in [2.05, 4.69) is 0 Å². The van der Waals surface area contributed by atoms with Crippen LogP contribution in [-0.2, 0) is 0 Å². The smallest absolute Gasteiger partial charge is 0.147 e. The first-order chi connectivity index (χ1) is 0. The van der Waals surface area contributed by atoms with Crippen molar-refractivity contribution < 1.29 is 2420 Å². The summed E-state index contributed by atoms with van der Waals surface area (Å²) in [5, 5.41) is 0. The summed E-state index contributed by atoms with van der Waals surface area (Å²) in [6.07, 6.45) is 0. The summed E-state index contributed by atoms with van der Waals surface area (Å²) in [4.78, 5) is 0. The molecule has 142 heavy (non-hydrogen) atoms. The minimum Gasteiger partial charge on any atom is -0.147 e. The van der Waals surface area contributed by atoms with Crippen molar-refractivity contribution in [3.63, 3.8) is 0 Å². The van der Waals surface area contributed by atoms with Gasteiger partial charge in [-0.15, -0.1) is 744 Å². The molecule has 0 rings (SSSR count). The molecule has 0 aliphatic carbocycles. The summed E-state index contributed by atoms with van der Waals surface area (Å²) in [5.74, 6) is 0. The summed E-state index contributed by atoms with van der Waals surface area (Å²) < 4.78 is 0. The molecule has 0 unspecified atom stereocenters. The van der Waals surface area contributed by atoms with Crippen molar-refractivity contribution in [3.05, 3.63) is 0 Å². The third-order valence-corrected chi connectivity index (χ3v) is 0. The van der Waals surface area contributed by atoms with E-state index in [9.17, 15) is 0 Å². The second kappa shape index (κ2) is 1390. The molecule has 480 valence electrons. The van der Waals surface area contributed by atoms with E-state index in [1.807, 2.05) is 0 Å². The van der Waals surface area contributed by atoms with Crippen LogP contribution in [0.25, 0.3) is 0 Å². The van der Waals surface area contributed by atoms with E-state index in [0.29, 0.717) is 0 Å². The van der Waals surface area contributed by atoms with Crippen LogP contribution in [-0.4, -0.2) is 0 Å². The normalized spacial score (nSPS) is 0. The molecule has 0 aromatic rings. The molecule has 0 aliphatic heterocycles. The van der Waals surface area contributed by atoms with Gasteiger partial charge in [-0.1, -0.05) is 0 Å². The molecular weight excluding hydrogens is 4010 g/mol. The van der Waals surface area contributed by atoms with Gasteiger partial charge in [0.25, 0.3) is 0 Å². The molecular formula is H60Cl60Na82+82. The van der Waals surface area contributed by atoms with Gasteiger partial charge in [0.05, 0.1) is 0 Å². The zero-order valence-corrected chi connectivity index (χ0v) is 319. The molecule has 0 saturated carbocycles. The Labute approximate surface area is 3060 Å². The maximum Gasteiger partial charge on any atom is 1.00 e. The van der Waals surface area contributed by atoms with Crippen molar-refractivity contribution in [2.45, 2.75) is 0 Å². The topological polar surface area (TPSA) is 0 Å². The van der Waals surface area contributed by atoms with Crippen LogP contribution in [0.1, 0.15) is 0 Å². The molecule has 0 atom stereocenters. The first kappa shape index (κ1) is 1410. The van der Waals surface area contributed by atoms with Gasteiger partial charge in [-0.25, -0.2) is 0 Å². The Bertz CT molecular complexity index is 140. The van der Waals surface area contributed by atoms with Gasteiger partial charge < -0.3 is 0 Å². The van der Waals surface area contributed by atoms with Crippen molar-refractivity contribution in [3.8, 4) is 0 Å². The van der Waals surface area contributed by atoms with Gasteiger partial charge in [0.2, 0.25) is 0 Å². The van der Waals surface area contributed by atoms with Crippen LogP contribution in [0.3, 0.4) is 0 Å². The SMILES string of the molecule is Cl.Cl.Cl.Cl.Cl.Cl.Cl.Cl.Cl.Cl.Cl.Cl.Cl.Cl.Cl.Cl.Cl.Cl.Cl.Cl.Cl.Cl.Cl.Cl.Cl.Cl.Cl.Cl.Cl.Cl.Cl.Cl.Cl.Cl.Cl.Cl.Cl.Cl.Cl.Cl.Cl.Cl.Cl.Cl.Cl.Cl.Cl.Cl.Cl.Cl.Cl.Cl.Cl.Cl.Cl.Cl.Cl.Cl.Cl.Cl.[Na+].[Na+].[Na+].[Na+].[Na+].[Na+].[Na+].[Na+].[Na+].[Na+].[Na+].[Na+].[Na+].[Na+].[Na+].[Na+].[Na+].[Na+].[Na+].[Na+].[Na+].[Na+].[Na+].[Na+].[Na+].[Na+].[Na+].[Na+].[Na+].[Na+].[Na+].[Na+].[Na+].[Na+].[Na+].[Na+].[Na+].[Na+].[Na+].[Na+].[Na+].[Na+].[Na+].[Na+].[Na+].[Na+].[Na+].[Na+].[Na+].[Na+].[Na+].[Na+].[Na+].[Na+].[Na+].[Na+].[Na+].[Na+].[Na+].[Na+].[Na+].[Na+].[Na+].[Na+].[Na+].[Na+].[Na+].[Na+].[Na+].[Na+].[Na+].[Na+].[Na+].[Na+].[Na+].[Na+].[Na+].[Na+].[Na+].[Na+].[Na+].[Na+]. The molecule has 0 radical (unpaired) electrons. The Balaban J connectivity index is 0. The summed E-state index contributed by atoms with van der Waals surface area (Å²) in [5.41, 5.74) is 0. The standard InChI is InChI=1S/60ClH.82Na/h60*1H;;;;;;;;;;;;;;;;;;;;;;;;;;;;;;;;;;;;;;;;;;;;;;;;;;;;;;;;;;;;;;;;;;;;;;;;;;;;;;;;;;/q;;;;;;;;;;;;;;;;;;;;;;;;;;;;;;;;;;;;;;;;;;;;;;;;;;;;;;;;;;;;82*+1. The van der Waals surface area contributed by atoms with Gasteiger partial charge in [0.15, 0.2) is 0 Å². The Hall–Kier alpha value is 99.4. The van der Waals surface area contributed by atoms with Gasteiger partial charge in [0, 0.05) is 0 Å². The first-order valence-electron chi connectivity index (χ1n) is 0. The van der Waals surface area contributed by atoms with Gasteiger partial charge in [-0.05, 0) is 0 Å². The average molecular weight is 4070 g/mol. The third kappa shape index (κ3) is 1380. The van der Waals surface area contributed by atoms with Crippen LogP contribution in [0.15, 0.2) is 0 Å². The molecule has 0 aromatic heterocycles. The van der Waals surface area contributed by atoms with Crippen molar-refractivity contribution in [1.29, 1.82) is 0 Å². The number of hydrogen-bond donors (Lipinski definition) is 0. The predicted octanol–water partition coefficient (Wildman–Crippen LogP) is -220. The predicted molar refractivity (Wildman–Crippen MR) is 435 cm³/mol. The molecule has 0 aromatic carbocycles. The van der Waals surface area contributed by atoms with E-state index in [1.54, 1.807) is 0 Å². The minimum absolute atomic E-state index is 0. The Morgan fingerprint density at radius 2 is 0.0141 bits per heavy atom. The van der Waals surface area contributed by atoms with Crippen molar-refractivity contribution >= 4 is 744 Å². The minimum atomic E-state index is 0. The zero-order chi connectivity index (χ0) is 0. The van der Waals surface area contributed by atoms with Gasteiger partial charge in [0.1, 0.15) is 0 Å². The summed E-state index contributed by atoms with van der Waals surface area (Å²) >= 11 is 0. The number of rotatable bonds is 0. The quantitative estimate of drug-likeness (QED) is 0.212. The molecule has 0 heterocycles. The largest absolute Gasteiger partial charge is 1.00 e. The van der Waals surface area contributed by atoms with E-state index >= 15 is 0 Å². The van der Waals surface area contributed by atoms with Crippen molar-refractivity contribution in [2.75, 3.05) is 0 Å². The van der Waals surface area contributed by atoms with E-state index in [4.69, 9.17) is 0 Å². The van der Waals surface area contributed by atoms with E-state index < -0.39 is 0 Å². The van der Waals surface area contributed by atoms with Crippen LogP contribution in [0.4, 0.5) is 0 Å². The molecule has 0 aliphatic rings. The third-order valence-electron chi connectivity index (χ3n) is 0. The van der Waals surface area contributed by atoms with Gasteiger partial charge in [-0.3, -0.25) is 0 Å². The van der Waals surface area contributed by atoms with Crippen LogP contribution >= 0.6 is 744 Å². The van der Waals surface area contributed by atoms with E-state index in [1.165, 1.54) is 0 Å². The van der Waals surface area contributed by atoms with Crippen LogP contribution in [0, 0.1) is 0 Å². The zero-order valence-electron chi connectivity index (χ0n) is 106. The van der Waals surface area contributed by atoms with Crippen LogP contribution in [0.5, 0.6) is 0 Å². The Morgan fingerprint density at radius 1 is 0.0141 bits per heavy atom. The molecule has 142 heteroatoms. The van der Waals surface area contributed by atoms with Crippen molar-refractivity contribution in [1.82, 2.24) is 0 Å². The van der Waals surface area contributed by atoms with Crippen LogP contribution in [0.2, 0.25) is 0 Å². The van der Waals surface area contributed by atoms with Crippen molar-refractivity contribution in [2.24, 2.45) is 0 Å². The Morgan fingerprint density at radius 3 is 0.0141 bits per heavy atom. The fraction of sp³-hybridized carbons (Fsp3) is 0. The number of halogens is 60. The second-order valence-corrected chi connectivity index (χ2v) is 0. The molecule has 0 bridgehead atoms. The number of hydrogen-bond acceptors (Lipinski definition) is 0. The van der Waals surface area contributed by atoms with E-state index in [0.717, 1.165) is 0 Å². The van der Waals surface area contributed by atoms with Gasteiger partial charge >= 0.3 is 2420 Å². The monoisotopic (exact) mass is 4040 g/mol. The summed E-state index contributed by atoms with van der Waals surface area (Å²) in [7, 11) is 0. The van der Waals surface area contributed by atoms with Crippen LogP contribution < -0.4 is 2420 Å². The second-order valence-electron chi connectivity index (χ2n) is 0. The fourth-order valence-corrected chi connectivity index (χ4v) is 0. The summed E-state index contributed by atoms with van der Waals surface area (Å²) in [6, 6.07) is 0. The molecule has 0 amide bonds. The first-order valence-corrected chi connectivity index (χ1v) is 0. The summed E-state index contributed by atoms with van der Waals surface area (Å²) in [6.45, 7) is 0. The molecule has 0 nitrogen and oxygen atoms in total. The molecule has 0 fully saturated rings. The van der Waals surface area contributed by atoms with E-state index in [-0.39, 0.29) is 3170 Å². The fourth-order valence-electron chi connectivity index (χ4n) is 0. The Kier molecular flexibility index (Phi) is 13900. The maximum absolute atomic E-state index is 0. The molecule has 0 saturated heterocycles. The molecule has 0 N–H and O–H groups in total. The maximum atomic E-state index is 0. The van der Waals surface area contributed by atoms with Gasteiger partial charge in [-0.2, -0.15) is 0 Å². The molecule has 0 spiro atoms.